The van der Waals surface area contributed by atoms with E-state index in [1.807, 2.05) is 37.5 Å². The molecule has 122 valence electrons. The van der Waals surface area contributed by atoms with Gasteiger partial charge in [0, 0.05) is 35.8 Å². The molecule has 4 rings (SSSR count). The van der Waals surface area contributed by atoms with E-state index in [0.29, 0.717) is 0 Å². The monoisotopic (exact) mass is 319 g/mol. The molecule has 0 bridgehead atoms. The van der Waals surface area contributed by atoms with Crippen molar-refractivity contribution in [3.05, 3.63) is 48.4 Å². The Morgan fingerprint density at radius 2 is 2.04 bits per heavy atom. The Bertz CT molecular complexity index is 877. The maximum Gasteiger partial charge on any atom is 0.147 e. The van der Waals surface area contributed by atoms with Crippen LogP contribution in [-0.2, 0) is 0 Å². The van der Waals surface area contributed by atoms with Crippen LogP contribution in [0.4, 0.5) is 5.82 Å². The van der Waals surface area contributed by atoms with Gasteiger partial charge in [-0.15, -0.1) is 0 Å². The van der Waals surface area contributed by atoms with Crippen LogP contribution in [-0.4, -0.2) is 34.1 Å². The summed E-state index contributed by atoms with van der Waals surface area (Å²) in [7, 11) is 0. The van der Waals surface area contributed by atoms with E-state index in [4.69, 9.17) is 10.7 Å². The van der Waals surface area contributed by atoms with Gasteiger partial charge in [-0.2, -0.15) is 0 Å². The Kier molecular flexibility index (Phi) is 3.86. The number of aromatic nitrogens is 3. The molecule has 0 amide bonds. The average molecular weight is 319 g/mol. The van der Waals surface area contributed by atoms with E-state index in [-0.39, 0.29) is 6.04 Å². The van der Waals surface area contributed by atoms with Crippen molar-refractivity contribution < 1.29 is 0 Å². The maximum absolute atomic E-state index is 6.11. The molecule has 3 aromatic rings. The van der Waals surface area contributed by atoms with Crippen molar-refractivity contribution in [1.82, 2.24) is 15.0 Å². The van der Waals surface area contributed by atoms with E-state index in [1.54, 1.807) is 0 Å². The second-order valence-electron chi connectivity index (χ2n) is 6.44. The number of hydrogen-bond acceptors (Lipinski definition) is 5. The fourth-order valence-corrected chi connectivity index (χ4v) is 3.38. The third-order valence-corrected chi connectivity index (χ3v) is 4.52. The summed E-state index contributed by atoms with van der Waals surface area (Å²) in [5.74, 6) is 0.904. The highest BCUT2D eigenvalue weighted by atomic mass is 15.2. The number of anilines is 1. The van der Waals surface area contributed by atoms with Crippen LogP contribution in [0.25, 0.3) is 22.2 Å². The number of rotatable bonds is 2. The van der Waals surface area contributed by atoms with Crippen LogP contribution >= 0.6 is 0 Å². The molecule has 3 heterocycles. The summed E-state index contributed by atoms with van der Waals surface area (Å²) in [4.78, 5) is 16.2. The van der Waals surface area contributed by atoms with Gasteiger partial charge < -0.3 is 10.6 Å². The molecule has 1 aliphatic heterocycles. The van der Waals surface area contributed by atoms with Crippen LogP contribution < -0.4 is 10.6 Å². The van der Waals surface area contributed by atoms with E-state index < -0.39 is 0 Å². The third-order valence-electron chi connectivity index (χ3n) is 4.52. The molecule has 0 spiro atoms. The third kappa shape index (κ3) is 2.83. The standard InChI is InChI=1S/C19H21N5/c1-13-9-16(15-6-2-3-7-17(15)22-13)18-10-21-11-19(23-18)24-8-4-5-14(20)12-24/h2-3,6-7,9-11,14H,4-5,8,12,20H2,1H3. The molecule has 2 aromatic heterocycles. The fourth-order valence-electron chi connectivity index (χ4n) is 3.38. The Morgan fingerprint density at radius 3 is 2.92 bits per heavy atom. The average Bonchev–Trinajstić information content (AvgIpc) is 2.61. The number of benzene rings is 1. The van der Waals surface area contributed by atoms with Gasteiger partial charge in [0.05, 0.1) is 23.6 Å². The summed E-state index contributed by atoms with van der Waals surface area (Å²) in [6.07, 6.45) is 5.84. The number of nitrogens with zero attached hydrogens (tertiary/aromatic N) is 4. The van der Waals surface area contributed by atoms with Crippen molar-refractivity contribution in [2.45, 2.75) is 25.8 Å². The minimum atomic E-state index is 0.216. The lowest BCUT2D eigenvalue weighted by atomic mass is 10.0. The van der Waals surface area contributed by atoms with Crippen LogP contribution in [0.2, 0.25) is 0 Å². The molecule has 1 aliphatic rings. The predicted octanol–water partition coefficient (Wildman–Crippen LogP) is 2.93. The summed E-state index contributed by atoms with van der Waals surface area (Å²) in [6, 6.07) is 10.5. The Morgan fingerprint density at radius 1 is 1.17 bits per heavy atom. The molecule has 1 fully saturated rings. The highest BCUT2D eigenvalue weighted by Gasteiger charge is 2.19. The first-order valence-electron chi connectivity index (χ1n) is 8.40. The summed E-state index contributed by atoms with van der Waals surface area (Å²) in [6.45, 7) is 3.84. The van der Waals surface area contributed by atoms with Gasteiger partial charge in [0.2, 0.25) is 0 Å². The number of aryl methyl sites for hydroxylation is 1. The summed E-state index contributed by atoms with van der Waals surface area (Å²) in [5.41, 5.74) is 10.0. The molecule has 5 heteroatoms. The fraction of sp³-hybridized carbons (Fsp3) is 0.316. The Labute approximate surface area is 141 Å². The van der Waals surface area contributed by atoms with Gasteiger partial charge in [0.25, 0.3) is 0 Å². The molecule has 0 radical (unpaired) electrons. The summed E-state index contributed by atoms with van der Waals surface area (Å²) < 4.78 is 0. The first-order chi connectivity index (χ1) is 11.7. The first kappa shape index (κ1) is 15.0. The summed E-state index contributed by atoms with van der Waals surface area (Å²) >= 11 is 0. The minimum Gasteiger partial charge on any atom is -0.354 e. The molecular formula is C19H21N5. The largest absolute Gasteiger partial charge is 0.354 e. The van der Waals surface area contributed by atoms with Crippen molar-refractivity contribution >= 4 is 16.7 Å². The topological polar surface area (TPSA) is 67.9 Å². The number of fused-ring (bicyclic) bond motifs is 1. The maximum atomic E-state index is 6.11. The SMILES string of the molecule is Cc1cc(-c2cncc(N3CCCC(N)C3)n2)c2ccccc2n1. The van der Waals surface area contributed by atoms with Gasteiger partial charge in [0.15, 0.2) is 0 Å². The number of pyridine rings is 1. The number of hydrogen-bond donors (Lipinski definition) is 1. The molecule has 2 N–H and O–H groups in total. The molecule has 24 heavy (non-hydrogen) atoms. The molecule has 0 saturated carbocycles. The molecule has 1 unspecified atom stereocenters. The van der Waals surface area contributed by atoms with E-state index >= 15 is 0 Å². The highest BCUT2D eigenvalue weighted by Crippen LogP contribution is 2.28. The van der Waals surface area contributed by atoms with Crippen LogP contribution in [0.3, 0.4) is 0 Å². The number of nitrogens with two attached hydrogens (primary N) is 1. The lowest BCUT2D eigenvalue weighted by Gasteiger charge is -2.31. The van der Waals surface area contributed by atoms with Gasteiger partial charge in [-0.05, 0) is 31.9 Å². The number of piperidine rings is 1. The molecule has 1 aromatic carbocycles. The molecular weight excluding hydrogens is 298 g/mol. The van der Waals surface area contributed by atoms with E-state index in [9.17, 15) is 0 Å². The molecule has 1 atom stereocenters. The van der Waals surface area contributed by atoms with Crippen LogP contribution in [0.15, 0.2) is 42.7 Å². The zero-order valence-corrected chi connectivity index (χ0v) is 13.8. The normalized spacial score (nSPS) is 18.1. The Balaban J connectivity index is 1.79. The molecule has 5 nitrogen and oxygen atoms in total. The molecule has 0 aliphatic carbocycles. The zero-order chi connectivity index (χ0) is 16.5. The lowest BCUT2D eigenvalue weighted by molar-refractivity contribution is 0.503. The van der Waals surface area contributed by atoms with Crippen LogP contribution in [0.1, 0.15) is 18.5 Å². The second kappa shape index (κ2) is 6.17. The quantitative estimate of drug-likeness (QED) is 0.786. The van der Waals surface area contributed by atoms with Gasteiger partial charge in [-0.3, -0.25) is 9.97 Å². The van der Waals surface area contributed by atoms with E-state index in [2.05, 4.69) is 27.0 Å². The van der Waals surface area contributed by atoms with Gasteiger partial charge in [-0.25, -0.2) is 4.98 Å². The van der Waals surface area contributed by atoms with E-state index in [0.717, 1.165) is 59.6 Å². The zero-order valence-electron chi connectivity index (χ0n) is 13.8. The smallest absolute Gasteiger partial charge is 0.147 e. The van der Waals surface area contributed by atoms with Crippen molar-refractivity contribution in [2.24, 2.45) is 5.73 Å². The second-order valence-corrected chi connectivity index (χ2v) is 6.44. The van der Waals surface area contributed by atoms with Gasteiger partial charge >= 0.3 is 0 Å². The van der Waals surface area contributed by atoms with Crippen LogP contribution in [0.5, 0.6) is 0 Å². The van der Waals surface area contributed by atoms with Crippen LogP contribution in [0, 0.1) is 6.92 Å². The van der Waals surface area contributed by atoms with Gasteiger partial charge in [-0.1, -0.05) is 18.2 Å². The van der Waals surface area contributed by atoms with Crippen molar-refractivity contribution in [3.8, 4) is 11.3 Å². The lowest BCUT2D eigenvalue weighted by Crippen LogP contribution is -2.43. The minimum absolute atomic E-state index is 0.216. The van der Waals surface area contributed by atoms with Crippen molar-refractivity contribution in [1.29, 1.82) is 0 Å². The van der Waals surface area contributed by atoms with Gasteiger partial charge in [0.1, 0.15) is 5.82 Å². The predicted molar refractivity (Wildman–Crippen MR) is 96.9 cm³/mol. The first-order valence-corrected chi connectivity index (χ1v) is 8.40. The summed E-state index contributed by atoms with van der Waals surface area (Å²) in [5, 5.41) is 1.10. The van der Waals surface area contributed by atoms with Crippen molar-refractivity contribution in [2.75, 3.05) is 18.0 Å². The van der Waals surface area contributed by atoms with E-state index in [1.165, 1.54) is 0 Å². The molecule has 1 saturated heterocycles. The van der Waals surface area contributed by atoms with Crippen molar-refractivity contribution in [3.63, 3.8) is 0 Å². The Hall–Kier alpha value is -2.53. The highest BCUT2D eigenvalue weighted by molar-refractivity contribution is 5.93. The number of para-hydroxylation sites is 1.